The summed E-state index contributed by atoms with van der Waals surface area (Å²) in [6.45, 7) is 3.64. The van der Waals surface area contributed by atoms with Crippen molar-refractivity contribution in [1.82, 2.24) is 9.80 Å². The average Bonchev–Trinajstić information content (AvgIpc) is 3.02. The van der Waals surface area contributed by atoms with E-state index in [2.05, 4.69) is 4.90 Å². The second-order valence-corrected chi connectivity index (χ2v) is 6.64. The summed E-state index contributed by atoms with van der Waals surface area (Å²) < 4.78 is 0. The molecular formula is C20H20N2O3. The van der Waals surface area contributed by atoms with Crippen LogP contribution in [0.4, 0.5) is 0 Å². The number of aromatic carboxylic acids is 1. The van der Waals surface area contributed by atoms with Gasteiger partial charge in [0.25, 0.3) is 5.91 Å². The van der Waals surface area contributed by atoms with Crippen LogP contribution in [0.2, 0.25) is 0 Å². The van der Waals surface area contributed by atoms with Crippen molar-refractivity contribution >= 4 is 11.9 Å². The molecule has 2 bridgehead atoms. The van der Waals surface area contributed by atoms with Gasteiger partial charge < -0.3 is 10.0 Å². The Bertz CT molecular complexity index is 833. The number of amides is 1. The average molecular weight is 336 g/mol. The maximum absolute atomic E-state index is 13.2. The molecule has 0 aliphatic carbocycles. The number of hydrogen-bond donors (Lipinski definition) is 1. The van der Waals surface area contributed by atoms with Gasteiger partial charge in [0.1, 0.15) is 0 Å². The number of piperazine rings is 1. The minimum Gasteiger partial charge on any atom is -0.478 e. The topological polar surface area (TPSA) is 60.9 Å². The number of benzene rings is 2. The molecule has 5 nitrogen and oxygen atoms in total. The second kappa shape index (κ2) is 6.33. The number of carboxylic acids is 1. The molecule has 1 N–H and O–H groups in total. The van der Waals surface area contributed by atoms with Crippen molar-refractivity contribution in [2.24, 2.45) is 0 Å². The predicted molar refractivity (Wildman–Crippen MR) is 94.7 cm³/mol. The first kappa shape index (κ1) is 15.8. The molecule has 0 radical (unpaired) electrons. The Labute approximate surface area is 146 Å². The van der Waals surface area contributed by atoms with Gasteiger partial charge in [0.05, 0.1) is 5.56 Å². The van der Waals surface area contributed by atoms with E-state index < -0.39 is 5.97 Å². The van der Waals surface area contributed by atoms with Crippen molar-refractivity contribution in [3.8, 4) is 11.1 Å². The lowest BCUT2D eigenvalue weighted by atomic mass is 9.94. The zero-order valence-electron chi connectivity index (χ0n) is 13.9. The number of nitrogens with zero attached hydrogens (tertiary/aromatic N) is 2. The molecule has 128 valence electrons. The Morgan fingerprint density at radius 2 is 1.52 bits per heavy atom. The monoisotopic (exact) mass is 336 g/mol. The quantitative estimate of drug-likeness (QED) is 0.936. The molecule has 2 aliphatic heterocycles. The van der Waals surface area contributed by atoms with Crippen molar-refractivity contribution in [3.63, 3.8) is 0 Å². The first-order valence-corrected chi connectivity index (χ1v) is 8.60. The van der Waals surface area contributed by atoms with E-state index in [1.165, 1.54) is 0 Å². The molecule has 4 rings (SSSR count). The van der Waals surface area contributed by atoms with Gasteiger partial charge in [-0.05, 0) is 29.7 Å². The Morgan fingerprint density at radius 3 is 2.24 bits per heavy atom. The fraction of sp³-hybridized carbons (Fsp3) is 0.300. The van der Waals surface area contributed by atoms with Crippen LogP contribution in [0.5, 0.6) is 0 Å². The van der Waals surface area contributed by atoms with E-state index in [9.17, 15) is 14.7 Å². The minimum absolute atomic E-state index is 0.00217. The summed E-state index contributed by atoms with van der Waals surface area (Å²) in [6.07, 6.45) is 1.01. The van der Waals surface area contributed by atoms with Gasteiger partial charge in [0.15, 0.2) is 0 Å². The number of fused-ring (bicyclic) bond motifs is 2. The highest BCUT2D eigenvalue weighted by Crippen LogP contribution is 2.30. The minimum atomic E-state index is -0.984. The summed E-state index contributed by atoms with van der Waals surface area (Å²) in [6, 6.07) is 14.4. The van der Waals surface area contributed by atoms with Crippen LogP contribution in [-0.4, -0.2) is 59.0 Å². The lowest BCUT2D eigenvalue weighted by Gasteiger charge is -2.34. The van der Waals surface area contributed by atoms with Gasteiger partial charge in [-0.3, -0.25) is 9.69 Å². The Kier molecular flexibility index (Phi) is 4.01. The van der Waals surface area contributed by atoms with Crippen LogP contribution in [0.15, 0.2) is 48.5 Å². The summed E-state index contributed by atoms with van der Waals surface area (Å²) in [7, 11) is 0. The van der Waals surface area contributed by atoms with Gasteiger partial charge in [-0.1, -0.05) is 36.4 Å². The molecule has 2 aliphatic rings. The third-order valence-electron chi connectivity index (χ3n) is 5.21. The van der Waals surface area contributed by atoms with E-state index in [0.29, 0.717) is 16.7 Å². The molecule has 25 heavy (non-hydrogen) atoms. The third-order valence-corrected chi connectivity index (χ3v) is 5.21. The normalized spacial score (nSPS) is 22.0. The van der Waals surface area contributed by atoms with Crippen molar-refractivity contribution < 1.29 is 14.7 Å². The van der Waals surface area contributed by atoms with Crippen LogP contribution in [0, 0.1) is 0 Å². The highest BCUT2D eigenvalue weighted by molar-refractivity contribution is 6.04. The molecule has 0 spiro atoms. The van der Waals surface area contributed by atoms with Gasteiger partial charge in [0, 0.05) is 37.8 Å². The number of rotatable bonds is 3. The van der Waals surface area contributed by atoms with Crippen LogP contribution >= 0.6 is 0 Å². The molecule has 0 aromatic heterocycles. The summed E-state index contributed by atoms with van der Waals surface area (Å²) in [5.74, 6) is -0.982. The van der Waals surface area contributed by atoms with Crippen molar-refractivity contribution in [1.29, 1.82) is 0 Å². The van der Waals surface area contributed by atoms with E-state index in [4.69, 9.17) is 0 Å². The molecule has 2 aromatic rings. The summed E-state index contributed by atoms with van der Waals surface area (Å²) in [5.41, 5.74) is 2.07. The van der Waals surface area contributed by atoms with Gasteiger partial charge in [-0.2, -0.15) is 0 Å². The van der Waals surface area contributed by atoms with Crippen LogP contribution in [0.1, 0.15) is 27.1 Å². The van der Waals surface area contributed by atoms with E-state index >= 15 is 0 Å². The number of hydrogen-bond acceptors (Lipinski definition) is 3. The van der Waals surface area contributed by atoms with Gasteiger partial charge >= 0.3 is 5.97 Å². The largest absolute Gasteiger partial charge is 0.478 e. The van der Waals surface area contributed by atoms with Crippen molar-refractivity contribution in [2.75, 3.05) is 26.2 Å². The molecule has 2 fully saturated rings. The maximum Gasteiger partial charge on any atom is 0.336 e. The molecule has 0 saturated carbocycles. The lowest BCUT2D eigenvalue weighted by Crippen LogP contribution is -2.49. The van der Waals surface area contributed by atoms with Crippen LogP contribution < -0.4 is 0 Å². The molecule has 2 unspecified atom stereocenters. The third kappa shape index (κ3) is 2.81. The summed E-state index contributed by atoms with van der Waals surface area (Å²) in [4.78, 5) is 29.2. The Morgan fingerprint density at radius 1 is 0.880 bits per heavy atom. The second-order valence-electron chi connectivity index (χ2n) is 6.64. The van der Waals surface area contributed by atoms with Gasteiger partial charge in [0.2, 0.25) is 0 Å². The summed E-state index contributed by atoms with van der Waals surface area (Å²) in [5, 5.41) is 9.49. The molecule has 2 heterocycles. The fourth-order valence-corrected chi connectivity index (χ4v) is 3.93. The zero-order chi connectivity index (χ0) is 17.4. The van der Waals surface area contributed by atoms with Gasteiger partial charge in [-0.25, -0.2) is 4.79 Å². The van der Waals surface area contributed by atoms with E-state index in [1.54, 1.807) is 30.3 Å². The highest BCUT2D eigenvalue weighted by Gasteiger charge is 2.36. The first-order valence-electron chi connectivity index (χ1n) is 8.60. The molecular weight excluding hydrogens is 316 g/mol. The van der Waals surface area contributed by atoms with E-state index in [0.717, 1.165) is 32.6 Å². The van der Waals surface area contributed by atoms with E-state index in [-0.39, 0.29) is 17.5 Å². The number of carboxylic acid groups (broad SMARTS) is 1. The molecule has 2 atom stereocenters. The molecule has 1 amide bonds. The van der Waals surface area contributed by atoms with Crippen LogP contribution in [-0.2, 0) is 0 Å². The fourth-order valence-electron chi connectivity index (χ4n) is 3.93. The SMILES string of the molecule is O=C(O)c1ccccc1-c1ccccc1C(=O)N1CCN2CCC1C2. The van der Waals surface area contributed by atoms with Gasteiger partial charge in [-0.15, -0.1) is 0 Å². The Hall–Kier alpha value is -2.66. The predicted octanol–water partition coefficient (Wildman–Crippen LogP) is 2.58. The number of carbonyl (C=O) groups excluding carboxylic acids is 1. The summed E-state index contributed by atoms with van der Waals surface area (Å²) >= 11 is 0. The van der Waals surface area contributed by atoms with Crippen molar-refractivity contribution in [2.45, 2.75) is 12.5 Å². The number of carbonyl (C=O) groups is 2. The molecule has 5 heteroatoms. The highest BCUT2D eigenvalue weighted by atomic mass is 16.4. The molecule has 2 aromatic carbocycles. The standard InChI is InChI=1S/C20H20N2O3/c23-19(22-12-11-21-10-9-14(22)13-21)17-7-3-1-5-15(17)16-6-2-4-8-18(16)20(24)25/h1-8,14H,9-13H2,(H,24,25). The lowest BCUT2D eigenvalue weighted by molar-refractivity contribution is 0.0609. The smallest absolute Gasteiger partial charge is 0.336 e. The van der Waals surface area contributed by atoms with Crippen molar-refractivity contribution in [3.05, 3.63) is 59.7 Å². The molecule has 2 saturated heterocycles. The van der Waals surface area contributed by atoms with E-state index in [1.807, 2.05) is 23.1 Å². The van der Waals surface area contributed by atoms with Crippen LogP contribution in [0.3, 0.4) is 0 Å². The zero-order valence-corrected chi connectivity index (χ0v) is 13.9. The van der Waals surface area contributed by atoms with Crippen LogP contribution in [0.25, 0.3) is 11.1 Å². The first-order chi connectivity index (χ1) is 12.1. The maximum atomic E-state index is 13.2. The Balaban J connectivity index is 1.75.